The predicted octanol–water partition coefficient (Wildman–Crippen LogP) is 1.64. The Morgan fingerprint density at radius 3 is 2.27 bits per heavy atom. The van der Waals surface area contributed by atoms with E-state index < -0.39 is 0 Å². The van der Waals surface area contributed by atoms with Gasteiger partial charge in [-0.25, -0.2) is 0 Å². The molecule has 0 heterocycles. The maximum absolute atomic E-state index is 10.5. The minimum atomic E-state index is -0.0359. The number of hydrogen-bond donors (Lipinski definition) is 1. The maximum Gasteiger partial charge on any atom is 0.221 e. The first kappa shape index (κ1) is 10.6. The molecule has 0 aliphatic heterocycles. The van der Waals surface area contributed by atoms with E-state index in [1.165, 1.54) is 6.92 Å². The van der Waals surface area contributed by atoms with Crippen molar-refractivity contribution in [3.8, 4) is 0 Å². The van der Waals surface area contributed by atoms with Gasteiger partial charge >= 0.3 is 0 Å². The van der Waals surface area contributed by atoms with Crippen LogP contribution in [0.15, 0.2) is 30.3 Å². The van der Waals surface area contributed by atoms with Crippen LogP contribution in [0.25, 0.3) is 0 Å². The van der Waals surface area contributed by atoms with Crippen LogP contribution in [0.1, 0.15) is 6.92 Å². The zero-order chi connectivity index (χ0) is 7.40. The van der Waals surface area contributed by atoms with E-state index in [4.69, 9.17) is 0 Å². The Hall–Kier alpha value is -0.375. The van der Waals surface area contributed by atoms with Crippen LogP contribution >= 0.6 is 0 Å². The van der Waals surface area contributed by atoms with E-state index in [2.05, 4.69) is 5.32 Å². The van der Waals surface area contributed by atoms with Gasteiger partial charge in [0.1, 0.15) is 0 Å². The second kappa shape index (κ2) is 5.30. The Kier molecular flexibility index (Phi) is 5.12. The van der Waals surface area contributed by atoms with Crippen molar-refractivity contribution in [2.24, 2.45) is 0 Å². The molecule has 0 aliphatic rings. The zero-order valence-electron chi connectivity index (χ0n) is 6.50. The number of carbonyl (C=O) groups excluding carboxylic acids is 1. The van der Waals surface area contributed by atoms with Gasteiger partial charge in [-0.3, -0.25) is 4.79 Å². The third kappa shape index (κ3) is 4.14. The average molecular weight is 336 g/mol. The van der Waals surface area contributed by atoms with Crippen molar-refractivity contribution in [2.45, 2.75) is 6.92 Å². The molecule has 1 aromatic carbocycles. The summed E-state index contributed by atoms with van der Waals surface area (Å²) in [5, 5.41) is 2.67. The van der Waals surface area contributed by atoms with Crippen molar-refractivity contribution < 1.29 is 32.5 Å². The normalized spacial score (nSPS) is 8.09. The average Bonchev–Trinajstić information content (AvgIpc) is 1.88. The maximum atomic E-state index is 10.5. The van der Waals surface area contributed by atoms with Crippen molar-refractivity contribution >= 4 is 11.6 Å². The molecule has 1 aromatic rings. The summed E-state index contributed by atoms with van der Waals surface area (Å²) in [5.74, 6) is -0.0359. The number of hydrogen-bond acceptors (Lipinski definition) is 1. The molecular weight excluding hydrogens is 327 g/mol. The van der Waals surface area contributed by atoms with Gasteiger partial charge in [-0.05, 0) is 12.1 Å². The molecule has 1 N–H and O–H groups in total. The van der Waals surface area contributed by atoms with Crippen LogP contribution < -0.4 is 5.32 Å². The second-order valence-corrected chi connectivity index (χ2v) is 2.05. The fourth-order valence-electron chi connectivity index (χ4n) is 0.725. The summed E-state index contributed by atoms with van der Waals surface area (Å²) < 4.78 is 0. The van der Waals surface area contributed by atoms with Crippen molar-refractivity contribution in [1.29, 1.82) is 0 Å². The van der Waals surface area contributed by atoms with Crippen LogP contribution in [0.4, 0.5) is 5.69 Å². The summed E-state index contributed by atoms with van der Waals surface area (Å²) in [6.45, 7) is 1.49. The number of para-hydroxylation sites is 1. The number of carbonyl (C=O) groups is 1. The van der Waals surface area contributed by atoms with E-state index in [0.29, 0.717) is 0 Å². The first-order valence-corrected chi connectivity index (χ1v) is 3.11. The molecule has 0 saturated heterocycles. The molecule has 1 rings (SSSR count). The molecule has 0 aliphatic carbocycles. The Labute approximate surface area is 86.5 Å². The third-order valence-corrected chi connectivity index (χ3v) is 1.09. The third-order valence-electron chi connectivity index (χ3n) is 1.09. The van der Waals surface area contributed by atoms with E-state index in [1.807, 2.05) is 30.3 Å². The summed E-state index contributed by atoms with van der Waals surface area (Å²) in [6.07, 6.45) is 0. The molecule has 0 fully saturated rings. The second-order valence-electron chi connectivity index (χ2n) is 2.05. The number of benzene rings is 1. The van der Waals surface area contributed by atoms with Crippen molar-refractivity contribution in [1.82, 2.24) is 0 Å². The van der Waals surface area contributed by atoms with Crippen LogP contribution in [-0.4, -0.2) is 5.91 Å². The summed E-state index contributed by atoms with van der Waals surface area (Å²) in [4.78, 5) is 10.5. The standard InChI is InChI=1S/C8H9NO.Hg/c1-7(10)9-8-5-3-2-4-6-8;/h2-6H,1H3,(H,9,10);. The Balaban J connectivity index is 0.000001000. The van der Waals surface area contributed by atoms with E-state index in [-0.39, 0.29) is 33.6 Å². The molecule has 0 atom stereocenters. The summed E-state index contributed by atoms with van der Waals surface area (Å²) in [7, 11) is 0. The molecular formula is C8H9HgNO. The van der Waals surface area contributed by atoms with E-state index in [1.54, 1.807) is 0 Å². The number of amides is 1. The van der Waals surface area contributed by atoms with Gasteiger partial charge in [-0.15, -0.1) is 0 Å². The molecule has 0 radical (unpaired) electrons. The first-order valence-electron chi connectivity index (χ1n) is 3.11. The fourth-order valence-corrected chi connectivity index (χ4v) is 0.725. The van der Waals surface area contributed by atoms with Crippen LogP contribution in [0.5, 0.6) is 0 Å². The molecule has 1 amide bonds. The van der Waals surface area contributed by atoms with Crippen molar-refractivity contribution in [2.75, 3.05) is 5.32 Å². The molecule has 2 nitrogen and oxygen atoms in total. The number of anilines is 1. The van der Waals surface area contributed by atoms with Crippen LogP contribution in [-0.2, 0) is 32.5 Å². The Morgan fingerprint density at radius 2 is 1.82 bits per heavy atom. The molecule has 0 saturated carbocycles. The van der Waals surface area contributed by atoms with Gasteiger partial charge in [0, 0.05) is 40.3 Å². The first-order chi connectivity index (χ1) is 4.79. The molecule has 0 spiro atoms. The molecule has 0 unspecified atom stereocenters. The molecule has 11 heavy (non-hydrogen) atoms. The monoisotopic (exact) mass is 337 g/mol. The smallest absolute Gasteiger partial charge is 0.221 e. The van der Waals surface area contributed by atoms with Gasteiger partial charge in [-0.1, -0.05) is 18.2 Å². The summed E-state index contributed by atoms with van der Waals surface area (Å²) >= 11 is 0. The SMILES string of the molecule is CC(=O)Nc1ccccc1.[Hg]. The van der Waals surface area contributed by atoms with E-state index >= 15 is 0 Å². The minimum Gasteiger partial charge on any atom is -0.326 e. The largest absolute Gasteiger partial charge is 0.326 e. The number of rotatable bonds is 1. The van der Waals surface area contributed by atoms with Gasteiger partial charge in [0.25, 0.3) is 0 Å². The van der Waals surface area contributed by atoms with Gasteiger partial charge in [0.05, 0.1) is 0 Å². The Bertz CT molecular complexity index is 223. The topological polar surface area (TPSA) is 29.1 Å². The molecule has 3 heteroatoms. The summed E-state index contributed by atoms with van der Waals surface area (Å²) in [6, 6.07) is 9.37. The molecule has 0 bridgehead atoms. The summed E-state index contributed by atoms with van der Waals surface area (Å²) in [5.41, 5.74) is 0.843. The van der Waals surface area contributed by atoms with Gasteiger partial charge in [0.15, 0.2) is 0 Å². The zero-order valence-corrected chi connectivity index (χ0v) is 12.0. The van der Waals surface area contributed by atoms with Gasteiger partial charge in [-0.2, -0.15) is 0 Å². The van der Waals surface area contributed by atoms with E-state index in [9.17, 15) is 4.79 Å². The van der Waals surface area contributed by atoms with E-state index in [0.717, 1.165) is 5.69 Å². The molecule has 0 aromatic heterocycles. The van der Waals surface area contributed by atoms with Crippen LogP contribution in [0, 0.1) is 0 Å². The van der Waals surface area contributed by atoms with Gasteiger partial charge < -0.3 is 5.32 Å². The van der Waals surface area contributed by atoms with Crippen molar-refractivity contribution in [3.63, 3.8) is 0 Å². The number of nitrogens with one attached hydrogen (secondary N) is 1. The minimum absolute atomic E-state index is 0. The predicted molar refractivity (Wildman–Crippen MR) is 40.7 cm³/mol. The van der Waals surface area contributed by atoms with Gasteiger partial charge in [0.2, 0.25) is 5.91 Å². The molecule has 54 valence electrons. The quantitative estimate of drug-likeness (QED) is 0.777. The van der Waals surface area contributed by atoms with Crippen LogP contribution in [0.2, 0.25) is 0 Å². The van der Waals surface area contributed by atoms with Crippen molar-refractivity contribution in [3.05, 3.63) is 30.3 Å². The van der Waals surface area contributed by atoms with Crippen LogP contribution in [0.3, 0.4) is 0 Å². The fraction of sp³-hybridized carbons (Fsp3) is 0.125. The Morgan fingerprint density at radius 1 is 1.27 bits per heavy atom.